The van der Waals surface area contributed by atoms with Crippen molar-refractivity contribution in [3.63, 3.8) is 0 Å². The summed E-state index contributed by atoms with van der Waals surface area (Å²) in [4.78, 5) is 12.4. The second kappa shape index (κ2) is 4.85. The van der Waals surface area contributed by atoms with Crippen molar-refractivity contribution in [2.24, 2.45) is 0 Å². The average molecular weight is 260 g/mol. The Hall–Kier alpha value is -1.55. The molecule has 102 valence electrons. The van der Waals surface area contributed by atoms with Crippen LogP contribution in [-0.2, 0) is 16.0 Å². The maximum absolute atomic E-state index is 12.4. The van der Waals surface area contributed by atoms with E-state index in [1.165, 1.54) is 5.56 Å². The Bertz CT molecular complexity index is 456. The number of rotatable bonds is 2. The lowest BCUT2D eigenvalue weighted by atomic mass is 9.92. The van der Waals surface area contributed by atoms with Crippen LogP contribution in [0.2, 0.25) is 0 Å². The Labute approximate surface area is 113 Å². The number of hydrogen-bond donors (Lipinski definition) is 2. The van der Waals surface area contributed by atoms with Crippen molar-refractivity contribution in [1.29, 1.82) is 0 Å². The number of carbonyl (C=O) groups excluding carboxylic acids is 1. The molecule has 0 aliphatic carbocycles. The van der Waals surface area contributed by atoms with E-state index in [9.17, 15) is 4.79 Å². The number of benzene rings is 1. The minimum atomic E-state index is -0.142. The highest BCUT2D eigenvalue weighted by Gasteiger charge is 2.33. The van der Waals surface area contributed by atoms with Gasteiger partial charge in [-0.2, -0.15) is 0 Å². The minimum Gasteiger partial charge on any atom is -0.381 e. The number of nitrogens with one attached hydrogen (secondary N) is 2. The summed E-state index contributed by atoms with van der Waals surface area (Å²) in [5.74, 6) is 0.0978. The summed E-state index contributed by atoms with van der Waals surface area (Å²) in [6.07, 6.45) is 2.55. The molecule has 1 fully saturated rings. The van der Waals surface area contributed by atoms with E-state index in [1.807, 2.05) is 18.2 Å². The zero-order chi connectivity index (χ0) is 13.3. The van der Waals surface area contributed by atoms with E-state index in [2.05, 4.69) is 23.6 Å². The van der Waals surface area contributed by atoms with Crippen LogP contribution in [0.25, 0.3) is 0 Å². The normalized spacial score (nSPS) is 24.4. The molecule has 3 rings (SSSR count). The van der Waals surface area contributed by atoms with Gasteiger partial charge in [0.2, 0.25) is 5.91 Å². The van der Waals surface area contributed by atoms with Gasteiger partial charge in [0.1, 0.15) is 6.04 Å². The van der Waals surface area contributed by atoms with Crippen LogP contribution >= 0.6 is 0 Å². The first-order valence-corrected chi connectivity index (χ1v) is 6.91. The molecule has 19 heavy (non-hydrogen) atoms. The van der Waals surface area contributed by atoms with Gasteiger partial charge in [0, 0.05) is 30.9 Å². The van der Waals surface area contributed by atoms with Crippen molar-refractivity contribution >= 4 is 11.6 Å². The van der Waals surface area contributed by atoms with Crippen LogP contribution < -0.4 is 10.6 Å². The SMILES string of the molecule is CC1(NC(=O)[C@@H]2Cc3ccccc3N2)CCOCC1. The molecule has 2 heterocycles. The fourth-order valence-electron chi connectivity index (χ4n) is 2.79. The van der Waals surface area contributed by atoms with Crippen LogP contribution in [-0.4, -0.2) is 30.7 Å². The molecule has 1 atom stereocenters. The standard InChI is InChI=1S/C15H20N2O2/c1-15(6-8-19-9-7-15)17-14(18)13-10-11-4-2-3-5-12(11)16-13/h2-5,13,16H,6-10H2,1H3,(H,17,18)/t13-/m0/s1. The molecule has 0 unspecified atom stereocenters. The molecule has 0 radical (unpaired) electrons. The van der Waals surface area contributed by atoms with Gasteiger partial charge in [-0.05, 0) is 31.4 Å². The summed E-state index contributed by atoms with van der Waals surface area (Å²) in [5.41, 5.74) is 2.19. The van der Waals surface area contributed by atoms with Gasteiger partial charge in [0.05, 0.1) is 0 Å². The van der Waals surface area contributed by atoms with Gasteiger partial charge >= 0.3 is 0 Å². The van der Waals surface area contributed by atoms with E-state index < -0.39 is 0 Å². The van der Waals surface area contributed by atoms with Crippen molar-refractivity contribution in [2.75, 3.05) is 18.5 Å². The van der Waals surface area contributed by atoms with Crippen LogP contribution in [0.5, 0.6) is 0 Å². The number of ether oxygens (including phenoxy) is 1. The van der Waals surface area contributed by atoms with Crippen LogP contribution in [0, 0.1) is 0 Å². The van der Waals surface area contributed by atoms with Crippen molar-refractivity contribution in [3.8, 4) is 0 Å². The first-order chi connectivity index (χ1) is 9.16. The largest absolute Gasteiger partial charge is 0.381 e. The van der Waals surface area contributed by atoms with Crippen LogP contribution in [0.1, 0.15) is 25.3 Å². The van der Waals surface area contributed by atoms with Gasteiger partial charge in [-0.15, -0.1) is 0 Å². The Morgan fingerprint density at radius 2 is 2.11 bits per heavy atom. The van der Waals surface area contributed by atoms with E-state index in [0.29, 0.717) is 0 Å². The first kappa shape index (κ1) is 12.5. The quantitative estimate of drug-likeness (QED) is 0.851. The fourth-order valence-corrected chi connectivity index (χ4v) is 2.79. The van der Waals surface area contributed by atoms with Crippen molar-refractivity contribution in [1.82, 2.24) is 5.32 Å². The molecule has 1 aromatic rings. The number of amides is 1. The zero-order valence-corrected chi connectivity index (χ0v) is 11.2. The maximum Gasteiger partial charge on any atom is 0.243 e. The Morgan fingerprint density at radius 3 is 2.84 bits per heavy atom. The number of carbonyl (C=O) groups is 1. The van der Waals surface area contributed by atoms with Gasteiger partial charge in [-0.3, -0.25) is 4.79 Å². The average Bonchev–Trinajstić information content (AvgIpc) is 2.83. The summed E-state index contributed by atoms with van der Waals surface area (Å²) < 4.78 is 5.36. The summed E-state index contributed by atoms with van der Waals surface area (Å²) in [5, 5.41) is 6.49. The number of fused-ring (bicyclic) bond motifs is 1. The van der Waals surface area contributed by atoms with Gasteiger partial charge in [-0.1, -0.05) is 18.2 Å². The van der Waals surface area contributed by atoms with Crippen molar-refractivity contribution in [2.45, 2.75) is 37.8 Å². The molecule has 4 heteroatoms. The van der Waals surface area contributed by atoms with Crippen molar-refractivity contribution in [3.05, 3.63) is 29.8 Å². The number of hydrogen-bond acceptors (Lipinski definition) is 3. The van der Waals surface area contributed by atoms with Crippen molar-refractivity contribution < 1.29 is 9.53 Å². The molecule has 4 nitrogen and oxygen atoms in total. The van der Waals surface area contributed by atoms with Gasteiger partial charge in [-0.25, -0.2) is 0 Å². The smallest absolute Gasteiger partial charge is 0.243 e. The molecule has 1 aromatic carbocycles. The number of anilines is 1. The lowest BCUT2D eigenvalue weighted by molar-refractivity contribution is -0.124. The second-order valence-electron chi connectivity index (χ2n) is 5.72. The highest BCUT2D eigenvalue weighted by Crippen LogP contribution is 2.26. The Kier molecular flexibility index (Phi) is 3.19. The van der Waals surface area contributed by atoms with Gasteiger partial charge < -0.3 is 15.4 Å². The molecule has 0 bridgehead atoms. The Balaban J connectivity index is 1.63. The maximum atomic E-state index is 12.4. The van der Waals surface area contributed by atoms with Crippen LogP contribution in [0.15, 0.2) is 24.3 Å². The van der Waals surface area contributed by atoms with E-state index in [4.69, 9.17) is 4.74 Å². The third-order valence-electron chi connectivity index (χ3n) is 4.11. The highest BCUT2D eigenvalue weighted by molar-refractivity contribution is 5.87. The number of para-hydroxylation sites is 1. The first-order valence-electron chi connectivity index (χ1n) is 6.91. The zero-order valence-electron chi connectivity index (χ0n) is 11.2. The highest BCUT2D eigenvalue weighted by atomic mass is 16.5. The molecule has 2 N–H and O–H groups in total. The molecule has 2 aliphatic rings. The predicted molar refractivity (Wildman–Crippen MR) is 74.2 cm³/mol. The summed E-state index contributed by atoms with van der Waals surface area (Å²) in [6, 6.07) is 7.97. The topological polar surface area (TPSA) is 50.4 Å². The predicted octanol–water partition coefficient (Wildman–Crippen LogP) is 1.71. The minimum absolute atomic E-state index is 0.0978. The monoisotopic (exact) mass is 260 g/mol. The molecule has 0 aromatic heterocycles. The summed E-state index contributed by atoms with van der Waals surface area (Å²) in [6.45, 7) is 3.57. The summed E-state index contributed by atoms with van der Waals surface area (Å²) in [7, 11) is 0. The Morgan fingerprint density at radius 1 is 1.37 bits per heavy atom. The second-order valence-corrected chi connectivity index (χ2v) is 5.72. The lowest BCUT2D eigenvalue weighted by Gasteiger charge is -2.35. The molecule has 1 amide bonds. The third kappa shape index (κ3) is 2.59. The molecule has 1 saturated heterocycles. The molecule has 2 aliphatic heterocycles. The van der Waals surface area contributed by atoms with Crippen LogP contribution in [0.4, 0.5) is 5.69 Å². The molecular formula is C15H20N2O2. The van der Waals surface area contributed by atoms with Gasteiger partial charge in [0.15, 0.2) is 0 Å². The molecule has 0 saturated carbocycles. The lowest BCUT2D eigenvalue weighted by Crippen LogP contribution is -2.53. The fraction of sp³-hybridized carbons (Fsp3) is 0.533. The molecular weight excluding hydrogens is 240 g/mol. The van der Waals surface area contributed by atoms with E-state index >= 15 is 0 Å². The van der Waals surface area contributed by atoms with E-state index in [-0.39, 0.29) is 17.5 Å². The van der Waals surface area contributed by atoms with E-state index in [0.717, 1.165) is 38.2 Å². The third-order valence-corrected chi connectivity index (χ3v) is 4.11. The summed E-state index contributed by atoms with van der Waals surface area (Å²) >= 11 is 0. The molecule has 0 spiro atoms. The van der Waals surface area contributed by atoms with E-state index in [1.54, 1.807) is 0 Å². The van der Waals surface area contributed by atoms with Gasteiger partial charge in [0.25, 0.3) is 0 Å². The van der Waals surface area contributed by atoms with Crippen LogP contribution in [0.3, 0.4) is 0 Å².